The van der Waals surface area contributed by atoms with Crippen LogP contribution in [0, 0.1) is 15.9 Å². The minimum Gasteiger partial charge on any atom is -0.366 e. The van der Waals surface area contributed by atoms with E-state index in [0.717, 1.165) is 5.69 Å². The second kappa shape index (κ2) is 8.32. The molecule has 1 aliphatic heterocycles. The molecule has 8 nitrogen and oxygen atoms in total. The molecule has 1 saturated heterocycles. The fraction of sp³-hybridized carbons (Fsp3) is 0.238. The third-order valence-electron chi connectivity index (χ3n) is 5.20. The second-order valence-electron chi connectivity index (χ2n) is 6.95. The Labute approximate surface area is 173 Å². The van der Waals surface area contributed by atoms with Gasteiger partial charge in [0.25, 0.3) is 0 Å². The Morgan fingerprint density at radius 2 is 1.60 bits per heavy atom. The van der Waals surface area contributed by atoms with Crippen LogP contribution in [0.4, 0.5) is 33.1 Å². The van der Waals surface area contributed by atoms with Crippen molar-refractivity contribution in [1.82, 2.24) is 9.97 Å². The van der Waals surface area contributed by atoms with E-state index in [1.165, 1.54) is 12.4 Å². The SMILES string of the molecule is CN(c1ccccc1)c1ncnc(N2CCN(c3ccccc3F)CC2)c1[N+](=O)[O-]. The van der Waals surface area contributed by atoms with Crippen molar-refractivity contribution in [3.05, 3.63) is 76.9 Å². The van der Waals surface area contributed by atoms with Crippen molar-refractivity contribution < 1.29 is 9.31 Å². The van der Waals surface area contributed by atoms with E-state index in [-0.39, 0.29) is 23.1 Å². The van der Waals surface area contributed by atoms with E-state index in [4.69, 9.17) is 0 Å². The molecule has 0 radical (unpaired) electrons. The van der Waals surface area contributed by atoms with Crippen LogP contribution >= 0.6 is 0 Å². The number of nitrogens with zero attached hydrogens (tertiary/aromatic N) is 6. The molecule has 1 fully saturated rings. The van der Waals surface area contributed by atoms with E-state index in [0.29, 0.717) is 31.9 Å². The summed E-state index contributed by atoms with van der Waals surface area (Å²) in [6.07, 6.45) is 1.35. The predicted molar refractivity (Wildman–Crippen MR) is 114 cm³/mol. The molecule has 9 heteroatoms. The lowest BCUT2D eigenvalue weighted by Crippen LogP contribution is -2.47. The van der Waals surface area contributed by atoms with Crippen LogP contribution < -0.4 is 14.7 Å². The van der Waals surface area contributed by atoms with E-state index in [1.54, 1.807) is 30.1 Å². The molecule has 0 atom stereocenters. The standard InChI is InChI=1S/C21H21FN6O2/c1-25(16-7-3-2-4-8-16)20-19(28(29)30)21(24-15-23-20)27-13-11-26(12-14-27)18-10-6-5-9-17(18)22/h2-10,15H,11-14H2,1H3. The molecular weight excluding hydrogens is 387 g/mol. The number of halogens is 1. The highest BCUT2D eigenvalue weighted by Crippen LogP contribution is 2.37. The van der Waals surface area contributed by atoms with Crippen molar-refractivity contribution in [3.63, 3.8) is 0 Å². The number of hydrogen-bond acceptors (Lipinski definition) is 7. The van der Waals surface area contributed by atoms with Gasteiger partial charge in [0.2, 0.25) is 11.6 Å². The van der Waals surface area contributed by atoms with Crippen LogP contribution in [0.2, 0.25) is 0 Å². The van der Waals surface area contributed by atoms with E-state index in [2.05, 4.69) is 9.97 Å². The number of benzene rings is 2. The van der Waals surface area contributed by atoms with Crippen molar-refractivity contribution in [1.29, 1.82) is 0 Å². The van der Waals surface area contributed by atoms with Crippen LogP contribution in [-0.2, 0) is 0 Å². The quantitative estimate of drug-likeness (QED) is 0.471. The summed E-state index contributed by atoms with van der Waals surface area (Å²) in [5.74, 6) is 0.236. The zero-order valence-corrected chi connectivity index (χ0v) is 16.5. The molecule has 0 unspecified atom stereocenters. The molecule has 0 spiro atoms. The molecule has 30 heavy (non-hydrogen) atoms. The third kappa shape index (κ3) is 3.73. The van der Waals surface area contributed by atoms with Gasteiger partial charge < -0.3 is 14.7 Å². The minimum atomic E-state index is -0.437. The maximum absolute atomic E-state index is 14.1. The lowest BCUT2D eigenvalue weighted by Gasteiger charge is -2.36. The van der Waals surface area contributed by atoms with Crippen molar-refractivity contribution in [2.45, 2.75) is 0 Å². The van der Waals surface area contributed by atoms with Gasteiger partial charge in [0, 0.05) is 38.9 Å². The van der Waals surface area contributed by atoms with Gasteiger partial charge in [0.1, 0.15) is 12.1 Å². The van der Waals surface area contributed by atoms with E-state index in [9.17, 15) is 14.5 Å². The van der Waals surface area contributed by atoms with E-state index < -0.39 is 4.92 Å². The topological polar surface area (TPSA) is 78.6 Å². The van der Waals surface area contributed by atoms with Gasteiger partial charge >= 0.3 is 5.69 Å². The first-order chi connectivity index (χ1) is 14.6. The van der Waals surface area contributed by atoms with Gasteiger partial charge in [-0.25, -0.2) is 14.4 Å². The predicted octanol–water partition coefficient (Wildman–Crippen LogP) is 3.62. The van der Waals surface area contributed by atoms with Gasteiger partial charge in [-0.2, -0.15) is 0 Å². The molecule has 0 aliphatic carbocycles. The highest BCUT2D eigenvalue weighted by molar-refractivity contribution is 5.76. The number of anilines is 4. The lowest BCUT2D eigenvalue weighted by atomic mass is 10.2. The molecule has 2 heterocycles. The van der Waals surface area contributed by atoms with Gasteiger partial charge in [-0.05, 0) is 24.3 Å². The molecule has 154 valence electrons. The van der Waals surface area contributed by atoms with Gasteiger partial charge in [-0.3, -0.25) is 10.1 Å². The Morgan fingerprint density at radius 1 is 0.967 bits per heavy atom. The number of aromatic nitrogens is 2. The van der Waals surface area contributed by atoms with E-state index >= 15 is 0 Å². The Kier molecular flexibility index (Phi) is 5.42. The zero-order valence-electron chi connectivity index (χ0n) is 16.5. The highest BCUT2D eigenvalue weighted by Gasteiger charge is 2.31. The smallest absolute Gasteiger partial charge is 0.353 e. The largest absolute Gasteiger partial charge is 0.366 e. The average Bonchev–Trinajstić information content (AvgIpc) is 2.79. The maximum Gasteiger partial charge on any atom is 0.353 e. The highest BCUT2D eigenvalue weighted by atomic mass is 19.1. The summed E-state index contributed by atoms with van der Waals surface area (Å²) in [5.41, 5.74) is 1.19. The van der Waals surface area contributed by atoms with Gasteiger partial charge in [-0.15, -0.1) is 0 Å². The maximum atomic E-state index is 14.1. The molecule has 0 N–H and O–H groups in total. The fourth-order valence-corrected chi connectivity index (χ4v) is 3.64. The molecule has 4 rings (SSSR count). The Hall–Kier alpha value is -3.75. The molecule has 0 saturated carbocycles. The summed E-state index contributed by atoms with van der Waals surface area (Å²) in [6.45, 7) is 2.04. The zero-order chi connectivity index (χ0) is 21.1. The minimum absolute atomic E-state index is 0.136. The van der Waals surface area contributed by atoms with Gasteiger partial charge in [-0.1, -0.05) is 30.3 Å². The number of para-hydroxylation sites is 2. The first-order valence-corrected chi connectivity index (χ1v) is 9.59. The number of piperazine rings is 1. The molecule has 2 aromatic carbocycles. The second-order valence-corrected chi connectivity index (χ2v) is 6.95. The van der Waals surface area contributed by atoms with Gasteiger partial charge in [0.15, 0.2) is 0 Å². The Bertz CT molecular complexity index is 1040. The van der Waals surface area contributed by atoms with Crippen LogP contribution in [0.25, 0.3) is 0 Å². The van der Waals surface area contributed by atoms with Crippen molar-refractivity contribution >= 4 is 28.7 Å². The number of rotatable bonds is 5. The molecular formula is C21H21FN6O2. The normalized spacial score (nSPS) is 13.9. The third-order valence-corrected chi connectivity index (χ3v) is 5.20. The Morgan fingerprint density at radius 3 is 2.27 bits per heavy atom. The summed E-state index contributed by atoms with van der Waals surface area (Å²) < 4.78 is 14.1. The van der Waals surface area contributed by atoms with Crippen LogP contribution in [0.1, 0.15) is 0 Å². The molecule has 0 amide bonds. The molecule has 3 aromatic rings. The van der Waals surface area contributed by atoms with Crippen LogP contribution in [0.5, 0.6) is 0 Å². The molecule has 1 aliphatic rings. The van der Waals surface area contributed by atoms with Crippen molar-refractivity contribution in [3.8, 4) is 0 Å². The van der Waals surface area contributed by atoms with Gasteiger partial charge in [0.05, 0.1) is 10.6 Å². The summed E-state index contributed by atoms with van der Waals surface area (Å²) in [4.78, 5) is 25.4. The summed E-state index contributed by atoms with van der Waals surface area (Å²) in [5, 5.41) is 12.0. The fourth-order valence-electron chi connectivity index (χ4n) is 3.64. The number of nitro groups is 1. The van der Waals surface area contributed by atoms with Crippen LogP contribution in [0.15, 0.2) is 60.9 Å². The Balaban J connectivity index is 1.61. The summed E-state index contributed by atoms with van der Waals surface area (Å²) in [6, 6.07) is 16.0. The van der Waals surface area contributed by atoms with Crippen LogP contribution in [0.3, 0.4) is 0 Å². The van der Waals surface area contributed by atoms with Crippen molar-refractivity contribution in [2.24, 2.45) is 0 Å². The number of hydrogen-bond donors (Lipinski definition) is 0. The first kappa shape index (κ1) is 19.6. The molecule has 0 bridgehead atoms. The molecule has 1 aromatic heterocycles. The van der Waals surface area contributed by atoms with Crippen molar-refractivity contribution in [2.75, 3.05) is 47.9 Å². The lowest BCUT2D eigenvalue weighted by molar-refractivity contribution is -0.383. The summed E-state index contributed by atoms with van der Waals surface area (Å²) in [7, 11) is 1.74. The van der Waals surface area contributed by atoms with E-state index in [1.807, 2.05) is 40.1 Å². The average molecular weight is 408 g/mol. The monoisotopic (exact) mass is 408 g/mol. The first-order valence-electron chi connectivity index (χ1n) is 9.59. The summed E-state index contributed by atoms with van der Waals surface area (Å²) >= 11 is 0. The van der Waals surface area contributed by atoms with Crippen LogP contribution in [-0.4, -0.2) is 48.1 Å².